The number of hydroxylamine groups is 1. The Balaban J connectivity index is 1.53. The SMILES string of the molecule is COc1ccccc1-c1cc(C(=O)NOC(=O)C2(C)CCCCC2)nn1-c1ccnc2cc(Cl)ccc12. The third-order valence-corrected chi connectivity index (χ3v) is 7.16. The van der Waals surface area contributed by atoms with Crippen LogP contribution >= 0.6 is 11.6 Å². The first-order chi connectivity index (χ1) is 17.9. The van der Waals surface area contributed by atoms with E-state index >= 15 is 0 Å². The Bertz CT molecular complexity index is 1480. The minimum atomic E-state index is -0.621. The maximum Gasteiger partial charge on any atom is 0.338 e. The molecule has 0 radical (unpaired) electrons. The molecule has 1 saturated carbocycles. The zero-order valence-electron chi connectivity index (χ0n) is 20.7. The van der Waals surface area contributed by atoms with Gasteiger partial charge in [-0.15, -0.1) is 0 Å². The molecule has 2 heterocycles. The van der Waals surface area contributed by atoms with Gasteiger partial charge in [0.15, 0.2) is 5.69 Å². The van der Waals surface area contributed by atoms with Crippen molar-refractivity contribution in [2.24, 2.45) is 5.41 Å². The number of nitrogens with one attached hydrogen (secondary N) is 1. The van der Waals surface area contributed by atoms with Crippen LogP contribution in [0.15, 0.2) is 60.8 Å². The highest BCUT2D eigenvalue weighted by molar-refractivity contribution is 6.31. The number of methoxy groups -OCH3 is 1. The van der Waals surface area contributed by atoms with Gasteiger partial charge in [0.25, 0.3) is 0 Å². The lowest BCUT2D eigenvalue weighted by atomic mass is 9.76. The number of para-hydroxylation sites is 1. The number of carbonyl (C=O) groups is 2. The third kappa shape index (κ3) is 4.89. The molecule has 0 unspecified atom stereocenters. The van der Waals surface area contributed by atoms with E-state index in [0.29, 0.717) is 27.7 Å². The number of ether oxygens (including phenoxy) is 1. The van der Waals surface area contributed by atoms with Crippen LogP contribution in [0.3, 0.4) is 0 Å². The van der Waals surface area contributed by atoms with E-state index in [4.69, 9.17) is 21.2 Å². The van der Waals surface area contributed by atoms with Crippen LogP contribution in [-0.4, -0.2) is 33.8 Å². The first-order valence-corrected chi connectivity index (χ1v) is 12.6. The summed E-state index contributed by atoms with van der Waals surface area (Å²) in [5.41, 5.74) is 4.55. The van der Waals surface area contributed by atoms with Gasteiger partial charge in [0.05, 0.1) is 29.4 Å². The molecule has 37 heavy (non-hydrogen) atoms. The van der Waals surface area contributed by atoms with Crippen LogP contribution in [0.5, 0.6) is 5.75 Å². The lowest BCUT2D eigenvalue weighted by Crippen LogP contribution is -2.37. The van der Waals surface area contributed by atoms with E-state index < -0.39 is 17.3 Å². The Morgan fingerprint density at radius 3 is 2.62 bits per heavy atom. The predicted molar refractivity (Wildman–Crippen MR) is 141 cm³/mol. The van der Waals surface area contributed by atoms with E-state index in [1.54, 1.807) is 36.2 Å². The largest absolute Gasteiger partial charge is 0.496 e. The van der Waals surface area contributed by atoms with E-state index in [1.165, 1.54) is 0 Å². The quantitative estimate of drug-likeness (QED) is 0.330. The van der Waals surface area contributed by atoms with Gasteiger partial charge in [-0.1, -0.05) is 43.0 Å². The average Bonchev–Trinajstić information content (AvgIpc) is 3.36. The van der Waals surface area contributed by atoms with Crippen molar-refractivity contribution in [3.05, 3.63) is 71.5 Å². The molecular formula is C28H27ClN4O4. The van der Waals surface area contributed by atoms with Gasteiger partial charge >= 0.3 is 11.9 Å². The van der Waals surface area contributed by atoms with Crippen LogP contribution in [0.2, 0.25) is 5.02 Å². The number of amides is 1. The lowest BCUT2D eigenvalue weighted by Gasteiger charge is -2.30. The molecule has 9 heteroatoms. The molecular weight excluding hydrogens is 492 g/mol. The topological polar surface area (TPSA) is 95.3 Å². The zero-order valence-corrected chi connectivity index (χ0v) is 21.4. The summed E-state index contributed by atoms with van der Waals surface area (Å²) >= 11 is 6.18. The normalized spacial score (nSPS) is 14.8. The van der Waals surface area contributed by atoms with E-state index in [2.05, 4.69) is 15.6 Å². The summed E-state index contributed by atoms with van der Waals surface area (Å²) in [5.74, 6) is -0.431. The minimum Gasteiger partial charge on any atom is -0.496 e. The second-order valence-electron chi connectivity index (χ2n) is 9.46. The van der Waals surface area contributed by atoms with Crippen molar-refractivity contribution in [2.45, 2.75) is 39.0 Å². The van der Waals surface area contributed by atoms with E-state index in [1.807, 2.05) is 43.3 Å². The average molecular weight is 519 g/mol. The second-order valence-corrected chi connectivity index (χ2v) is 9.90. The summed E-state index contributed by atoms with van der Waals surface area (Å²) in [6, 6.07) is 16.3. The Morgan fingerprint density at radius 2 is 1.84 bits per heavy atom. The monoisotopic (exact) mass is 518 g/mol. The Kier molecular flexibility index (Phi) is 6.84. The maximum atomic E-state index is 13.1. The van der Waals surface area contributed by atoms with Gasteiger partial charge in [-0.3, -0.25) is 9.78 Å². The molecule has 4 aromatic rings. The molecule has 1 aliphatic carbocycles. The fourth-order valence-electron chi connectivity index (χ4n) is 4.82. The number of carbonyl (C=O) groups excluding carboxylic acids is 2. The van der Waals surface area contributed by atoms with Gasteiger partial charge in [-0.25, -0.2) is 9.48 Å². The smallest absolute Gasteiger partial charge is 0.338 e. The summed E-state index contributed by atoms with van der Waals surface area (Å²) in [6.07, 6.45) is 6.19. The second kappa shape index (κ2) is 10.2. The molecule has 0 aliphatic heterocycles. The van der Waals surface area contributed by atoms with Crippen LogP contribution in [-0.2, 0) is 9.63 Å². The highest BCUT2D eigenvalue weighted by atomic mass is 35.5. The molecule has 0 saturated heterocycles. The zero-order chi connectivity index (χ0) is 26.0. The Labute approximate surface area is 219 Å². The van der Waals surface area contributed by atoms with E-state index in [-0.39, 0.29) is 5.69 Å². The first kappa shape index (κ1) is 24.8. The van der Waals surface area contributed by atoms with Crippen molar-refractivity contribution in [2.75, 3.05) is 7.11 Å². The van der Waals surface area contributed by atoms with Crippen molar-refractivity contribution in [1.82, 2.24) is 20.2 Å². The maximum absolute atomic E-state index is 13.1. The summed E-state index contributed by atoms with van der Waals surface area (Å²) < 4.78 is 7.24. The van der Waals surface area contributed by atoms with Gasteiger partial charge in [0, 0.05) is 22.2 Å². The van der Waals surface area contributed by atoms with Crippen LogP contribution in [0.4, 0.5) is 0 Å². The molecule has 190 valence electrons. The van der Waals surface area contributed by atoms with Crippen molar-refractivity contribution < 1.29 is 19.2 Å². The van der Waals surface area contributed by atoms with Crippen LogP contribution in [0.25, 0.3) is 27.8 Å². The molecule has 5 rings (SSSR count). The molecule has 0 spiro atoms. The van der Waals surface area contributed by atoms with Gasteiger partial charge in [0.1, 0.15) is 5.75 Å². The summed E-state index contributed by atoms with van der Waals surface area (Å²) in [5, 5.41) is 5.98. The standard InChI is InChI=1S/C28H27ClN4O4/c1-28(13-6-3-7-14-28)27(35)37-32-26(34)22-17-24(20-8-4-5-9-25(20)36-2)33(31-22)23-12-15-30-21-16-18(29)10-11-19(21)23/h4-5,8-12,15-17H,3,6-7,13-14H2,1-2H3,(H,32,34). The number of aromatic nitrogens is 3. The van der Waals surface area contributed by atoms with Gasteiger partial charge in [0.2, 0.25) is 0 Å². The molecule has 1 N–H and O–H groups in total. The number of hydrogen-bond acceptors (Lipinski definition) is 6. The van der Waals surface area contributed by atoms with Crippen LogP contribution in [0.1, 0.15) is 49.5 Å². The molecule has 2 aromatic heterocycles. The van der Waals surface area contributed by atoms with Gasteiger partial charge in [-0.05, 0) is 62.2 Å². The number of rotatable bonds is 5. The third-order valence-electron chi connectivity index (χ3n) is 6.92. The first-order valence-electron chi connectivity index (χ1n) is 12.2. The van der Waals surface area contributed by atoms with Gasteiger partial charge in [-0.2, -0.15) is 10.6 Å². The summed E-state index contributed by atoms with van der Waals surface area (Å²) in [4.78, 5) is 35.5. The Morgan fingerprint density at radius 1 is 1.05 bits per heavy atom. The van der Waals surface area contributed by atoms with Crippen molar-refractivity contribution in [3.8, 4) is 22.7 Å². The molecule has 0 bridgehead atoms. The number of benzene rings is 2. The number of halogens is 1. The summed E-state index contributed by atoms with van der Waals surface area (Å²) in [6.45, 7) is 1.88. The molecule has 8 nitrogen and oxygen atoms in total. The van der Waals surface area contributed by atoms with E-state index in [9.17, 15) is 9.59 Å². The number of nitrogens with zero attached hydrogens (tertiary/aromatic N) is 3. The van der Waals surface area contributed by atoms with Crippen LogP contribution in [0, 0.1) is 5.41 Å². The highest BCUT2D eigenvalue weighted by Gasteiger charge is 2.37. The molecule has 1 amide bonds. The van der Waals surface area contributed by atoms with Gasteiger partial charge < -0.3 is 9.57 Å². The molecule has 1 fully saturated rings. The molecule has 2 aromatic carbocycles. The Hall–Kier alpha value is -3.91. The summed E-state index contributed by atoms with van der Waals surface area (Å²) in [7, 11) is 1.59. The van der Waals surface area contributed by atoms with Crippen LogP contribution < -0.4 is 10.2 Å². The van der Waals surface area contributed by atoms with Crippen molar-refractivity contribution >= 4 is 34.4 Å². The molecule has 0 atom stereocenters. The number of fused-ring (bicyclic) bond motifs is 1. The predicted octanol–water partition coefficient (Wildman–Crippen LogP) is 5.91. The van der Waals surface area contributed by atoms with E-state index in [0.717, 1.165) is 43.1 Å². The lowest BCUT2D eigenvalue weighted by molar-refractivity contribution is -0.162. The fourth-order valence-corrected chi connectivity index (χ4v) is 4.99. The fraction of sp³-hybridized carbons (Fsp3) is 0.286. The molecule has 1 aliphatic rings. The van der Waals surface area contributed by atoms with Crippen molar-refractivity contribution in [1.29, 1.82) is 0 Å². The minimum absolute atomic E-state index is 0.0847. The highest BCUT2D eigenvalue weighted by Crippen LogP contribution is 2.37. The number of hydrogen-bond donors (Lipinski definition) is 1. The van der Waals surface area contributed by atoms with Crippen molar-refractivity contribution in [3.63, 3.8) is 0 Å². The number of pyridine rings is 1.